The Balaban J connectivity index is 2.12. The minimum atomic E-state index is -0.442. The molecular formula is C15H23NO2. The molecule has 0 amide bonds. The van der Waals surface area contributed by atoms with Gasteiger partial charge >= 0.3 is 0 Å². The van der Waals surface area contributed by atoms with Gasteiger partial charge in [-0.25, -0.2) is 4.98 Å². The number of nitrogens with zero attached hydrogens (tertiary/aromatic N) is 1. The average molecular weight is 249 g/mol. The molecule has 0 aromatic carbocycles. The predicted molar refractivity (Wildman–Crippen MR) is 71.5 cm³/mol. The van der Waals surface area contributed by atoms with E-state index in [1.165, 1.54) is 19.3 Å². The lowest BCUT2D eigenvalue weighted by Crippen LogP contribution is -2.21. The Labute approximate surface area is 109 Å². The lowest BCUT2D eigenvalue weighted by molar-refractivity contribution is 0.0653. The van der Waals surface area contributed by atoms with Gasteiger partial charge in [0, 0.05) is 11.8 Å². The first-order valence-electron chi connectivity index (χ1n) is 6.93. The lowest BCUT2D eigenvalue weighted by Gasteiger charge is -2.32. The Kier molecular flexibility index (Phi) is 4.59. The molecule has 3 heteroatoms. The fraction of sp³-hybridized carbons (Fsp3) is 0.667. The number of hydrogen-bond donors (Lipinski definition) is 1. The van der Waals surface area contributed by atoms with Crippen LogP contribution in [0.1, 0.15) is 50.7 Å². The van der Waals surface area contributed by atoms with Crippen molar-refractivity contribution in [1.82, 2.24) is 4.98 Å². The number of rotatable bonds is 4. The molecule has 1 fully saturated rings. The van der Waals surface area contributed by atoms with Crippen molar-refractivity contribution in [3.8, 4) is 5.88 Å². The van der Waals surface area contributed by atoms with Crippen molar-refractivity contribution in [2.24, 2.45) is 11.8 Å². The molecule has 18 heavy (non-hydrogen) atoms. The quantitative estimate of drug-likeness (QED) is 0.890. The van der Waals surface area contributed by atoms with Gasteiger partial charge in [0.1, 0.15) is 0 Å². The largest absolute Gasteiger partial charge is 0.481 e. The van der Waals surface area contributed by atoms with Crippen molar-refractivity contribution < 1.29 is 9.84 Å². The maximum absolute atomic E-state index is 10.6. The summed E-state index contributed by atoms with van der Waals surface area (Å²) in [6.07, 6.45) is 7.24. The molecule has 1 aliphatic rings. The van der Waals surface area contributed by atoms with Crippen LogP contribution < -0.4 is 4.74 Å². The van der Waals surface area contributed by atoms with E-state index in [9.17, 15) is 5.11 Å². The van der Waals surface area contributed by atoms with Crippen molar-refractivity contribution >= 4 is 0 Å². The molecule has 0 aliphatic heterocycles. The van der Waals surface area contributed by atoms with E-state index in [1.807, 2.05) is 12.1 Å². The number of methoxy groups -OCH3 is 1. The average Bonchev–Trinajstić information content (AvgIpc) is 2.46. The van der Waals surface area contributed by atoms with Crippen molar-refractivity contribution in [2.45, 2.75) is 45.1 Å². The monoisotopic (exact) mass is 249 g/mol. The Hall–Kier alpha value is -1.09. The number of ether oxygens (including phenoxy) is 1. The number of pyridine rings is 1. The molecule has 0 spiro atoms. The highest BCUT2D eigenvalue weighted by Gasteiger charge is 2.29. The second kappa shape index (κ2) is 6.19. The van der Waals surface area contributed by atoms with Gasteiger partial charge in [-0.05, 0) is 36.8 Å². The van der Waals surface area contributed by atoms with E-state index < -0.39 is 6.10 Å². The van der Waals surface area contributed by atoms with Crippen LogP contribution in [-0.2, 0) is 0 Å². The summed E-state index contributed by atoms with van der Waals surface area (Å²) in [6.45, 7) is 2.24. The third-order valence-corrected chi connectivity index (χ3v) is 4.16. The summed E-state index contributed by atoms with van der Waals surface area (Å²) in [4.78, 5) is 4.17. The van der Waals surface area contributed by atoms with E-state index in [2.05, 4.69) is 11.9 Å². The van der Waals surface area contributed by atoms with Crippen molar-refractivity contribution in [3.63, 3.8) is 0 Å². The Morgan fingerprint density at radius 2 is 2.33 bits per heavy atom. The highest BCUT2D eigenvalue weighted by molar-refractivity contribution is 5.28. The van der Waals surface area contributed by atoms with Crippen molar-refractivity contribution in [2.75, 3.05) is 7.11 Å². The summed E-state index contributed by atoms with van der Waals surface area (Å²) >= 11 is 0. The molecule has 0 radical (unpaired) electrons. The predicted octanol–water partition coefficient (Wildman–Crippen LogP) is 3.34. The van der Waals surface area contributed by atoms with Crippen LogP contribution in [0.25, 0.3) is 0 Å². The standard InChI is InChI=1S/C15H23NO2/c1-3-11-6-4-7-12(10-11)14(17)13-8-5-9-16-15(13)18-2/h5,8-9,11-12,14,17H,3-4,6-7,10H2,1-2H3. The molecule has 1 saturated carbocycles. The molecule has 0 saturated heterocycles. The van der Waals surface area contributed by atoms with Gasteiger partial charge in [0.25, 0.3) is 0 Å². The van der Waals surface area contributed by atoms with E-state index in [4.69, 9.17) is 4.74 Å². The van der Waals surface area contributed by atoms with E-state index in [1.54, 1.807) is 13.3 Å². The molecule has 3 unspecified atom stereocenters. The van der Waals surface area contributed by atoms with E-state index >= 15 is 0 Å². The first-order chi connectivity index (χ1) is 8.76. The Bertz CT molecular complexity index is 381. The smallest absolute Gasteiger partial charge is 0.218 e. The summed E-state index contributed by atoms with van der Waals surface area (Å²) in [7, 11) is 1.61. The van der Waals surface area contributed by atoms with Crippen LogP contribution in [0.15, 0.2) is 18.3 Å². The van der Waals surface area contributed by atoms with Crippen LogP contribution in [0.4, 0.5) is 0 Å². The maximum atomic E-state index is 10.6. The normalized spacial score (nSPS) is 25.7. The van der Waals surface area contributed by atoms with E-state index in [0.717, 1.165) is 24.3 Å². The van der Waals surface area contributed by atoms with Gasteiger partial charge in [0.05, 0.1) is 13.2 Å². The van der Waals surface area contributed by atoms with Gasteiger partial charge in [-0.15, -0.1) is 0 Å². The zero-order chi connectivity index (χ0) is 13.0. The van der Waals surface area contributed by atoms with Crippen molar-refractivity contribution in [3.05, 3.63) is 23.9 Å². The number of aliphatic hydroxyl groups excluding tert-OH is 1. The van der Waals surface area contributed by atoms with Crippen LogP contribution in [0.5, 0.6) is 5.88 Å². The molecule has 1 aromatic heterocycles. The number of hydrogen-bond acceptors (Lipinski definition) is 3. The maximum Gasteiger partial charge on any atom is 0.218 e. The van der Waals surface area contributed by atoms with Crippen molar-refractivity contribution in [1.29, 1.82) is 0 Å². The van der Waals surface area contributed by atoms with Crippen LogP contribution in [0, 0.1) is 11.8 Å². The number of aromatic nitrogens is 1. The molecule has 1 heterocycles. The molecular weight excluding hydrogens is 226 g/mol. The minimum absolute atomic E-state index is 0.349. The van der Waals surface area contributed by atoms with Gasteiger partial charge in [-0.2, -0.15) is 0 Å². The van der Waals surface area contributed by atoms with Gasteiger partial charge in [0.15, 0.2) is 0 Å². The molecule has 1 N–H and O–H groups in total. The summed E-state index contributed by atoms with van der Waals surface area (Å²) in [5, 5.41) is 10.6. The third-order valence-electron chi connectivity index (χ3n) is 4.16. The van der Waals surface area contributed by atoms with Crippen LogP contribution in [-0.4, -0.2) is 17.2 Å². The van der Waals surface area contributed by atoms with Gasteiger partial charge in [0.2, 0.25) is 5.88 Å². The van der Waals surface area contributed by atoms with Crippen LogP contribution in [0.2, 0.25) is 0 Å². The molecule has 1 aliphatic carbocycles. The van der Waals surface area contributed by atoms with Crippen LogP contribution >= 0.6 is 0 Å². The molecule has 3 atom stereocenters. The zero-order valence-corrected chi connectivity index (χ0v) is 11.3. The molecule has 0 bridgehead atoms. The highest BCUT2D eigenvalue weighted by Crippen LogP contribution is 2.40. The van der Waals surface area contributed by atoms with E-state index in [0.29, 0.717) is 11.8 Å². The van der Waals surface area contributed by atoms with Gasteiger partial charge in [-0.1, -0.05) is 26.2 Å². The zero-order valence-electron chi connectivity index (χ0n) is 11.3. The highest BCUT2D eigenvalue weighted by atomic mass is 16.5. The number of aliphatic hydroxyl groups is 1. The fourth-order valence-electron chi connectivity index (χ4n) is 3.04. The van der Waals surface area contributed by atoms with Gasteiger partial charge < -0.3 is 9.84 Å². The van der Waals surface area contributed by atoms with Crippen LogP contribution in [0.3, 0.4) is 0 Å². The first kappa shape index (κ1) is 13.3. The second-order valence-corrected chi connectivity index (χ2v) is 5.25. The first-order valence-corrected chi connectivity index (χ1v) is 6.93. The lowest BCUT2D eigenvalue weighted by atomic mass is 9.76. The summed E-state index contributed by atoms with van der Waals surface area (Å²) in [5.41, 5.74) is 0.835. The second-order valence-electron chi connectivity index (χ2n) is 5.25. The fourth-order valence-corrected chi connectivity index (χ4v) is 3.04. The summed E-state index contributed by atoms with van der Waals surface area (Å²) in [6, 6.07) is 3.78. The summed E-state index contributed by atoms with van der Waals surface area (Å²) < 4.78 is 5.24. The Morgan fingerprint density at radius 1 is 1.50 bits per heavy atom. The molecule has 1 aromatic rings. The summed E-state index contributed by atoms with van der Waals surface area (Å²) in [5.74, 6) is 1.67. The molecule has 3 nitrogen and oxygen atoms in total. The molecule has 100 valence electrons. The minimum Gasteiger partial charge on any atom is -0.481 e. The Morgan fingerprint density at radius 3 is 3.06 bits per heavy atom. The van der Waals surface area contributed by atoms with Gasteiger partial charge in [-0.3, -0.25) is 0 Å². The SMILES string of the molecule is CCC1CCCC(C(O)c2cccnc2OC)C1. The molecule has 2 rings (SSSR count). The third kappa shape index (κ3) is 2.83. The topological polar surface area (TPSA) is 42.4 Å². The van der Waals surface area contributed by atoms with E-state index in [-0.39, 0.29) is 0 Å².